The zero-order valence-electron chi connectivity index (χ0n) is 10.2. The number of rotatable bonds is 3. The van der Waals surface area contributed by atoms with Crippen LogP contribution in [0.25, 0.3) is 0 Å². The van der Waals surface area contributed by atoms with E-state index in [1.165, 1.54) is 28.2 Å². The Balaban J connectivity index is 2.35. The average Bonchev–Trinajstić information content (AvgIpc) is 2.73. The van der Waals surface area contributed by atoms with E-state index < -0.39 is 16.0 Å². The normalized spacial score (nSPS) is 17.8. The summed E-state index contributed by atoms with van der Waals surface area (Å²) in [5, 5.41) is 8.93. The lowest BCUT2D eigenvalue weighted by Gasteiger charge is -2.25. The van der Waals surface area contributed by atoms with Crippen LogP contribution in [0, 0.1) is 0 Å². The van der Waals surface area contributed by atoms with Crippen LogP contribution in [0.4, 0.5) is 0 Å². The average molecular weight is 272 g/mol. The number of aromatic nitrogens is 1. The fourth-order valence-electron chi connectivity index (χ4n) is 2.14. The summed E-state index contributed by atoms with van der Waals surface area (Å²) in [4.78, 5) is 11.0. The number of nitrogens with zero attached hydrogens (tertiary/aromatic N) is 2. The van der Waals surface area contributed by atoms with Crippen molar-refractivity contribution in [3.05, 3.63) is 18.0 Å². The number of carboxylic acids is 1. The van der Waals surface area contributed by atoms with Crippen LogP contribution in [0.5, 0.6) is 0 Å². The van der Waals surface area contributed by atoms with Crippen molar-refractivity contribution in [3.8, 4) is 0 Å². The largest absolute Gasteiger partial charge is 0.477 e. The summed E-state index contributed by atoms with van der Waals surface area (Å²) >= 11 is 0. The van der Waals surface area contributed by atoms with Crippen molar-refractivity contribution >= 4 is 16.0 Å². The number of hydrogen-bond acceptors (Lipinski definition) is 3. The van der Waals surface area contributed by atoms with Gasteiger partial charge >= 0.3 is 5.97 Å². The van der Waals surface area contributed by atoms with E-state index in [0.717, 1.165) is 19.3 Å². The highest BCUT2D eigenvalue weighted by Crippen LogP contribution is 2.22. The smallest absolute Gasteiger partial charge is 0.352 e. The first-order valence-electron chi connectivity index (χ1n) is 5.83. The molecule has 0 atom stereocenters. The molecular formula is C11H16N2O4S. The SMILES string of the molecule is Cn1cc(S(=O)(=O)N2CCCCC2)cc1C(=O)O. The van der Waals surface area contributed by atoms with Crippen molar-refractivity contribution in [2.75, 3.05) is 13.1 Å². The molecule has 2 rings (SSSR count). The van der Waals surface area contributed by atoms with Gasteiger partial charge in [-0.15, -0.1) is 0 Å². The standard InChI is InChI=1S/C11H16N2O4S/c1-12-8-9(7-10(12)11(14)15)18(16,17)13-5-3-2-4-6-13/h7-8H,2-6H2,1H3,(H,14,15). The molecule has 1 aromatic rings. The number of hydrogen-bond donors (Lipinski definition) is 1. The van der Waals surface area contributed by atoms with Crippen LogP contribution in [-0.2, 0) is 17.1 Å². The Hall–Kier alpha value is -1.34. The summed E-state index contributed by atoms with van der Waals surface area (Å²) in [5.41, 5.74) is -0.0226. The van der Waals surface area contributed by atoms with Crippen LogP contribution in [0.1, 0.15) is 29.8 Å². The summed E-state index contributed by atoms with van der Waals surface area (Å²) in [7, 11) is -2.02. The molecule has 1 aliphatic rings. The molecule has 1 fully saturated rings. The van der Waals surface area contributed by atoms with Crippen LogP contribution in [0.3, 0.4) is 0 Å². The number of carbonyl (C=O) groups is 1. The third-order valence-corrected chi connectivity index (χ3v) is 5.02. The molecule has 100 valence electrons. The molecule has 0 bridgehead atoms. The highest BCUT2D eigenvalue weighted by molar-refractivity contribution is 7.89. The van der Waals surface area contributed by atoms with Crippen LogP contribution in [-0.4, -0.2) is 41.5 Å². The van der Waals surface area contributed by atoms with E-state index in [9.17, 15) is 13.2 Å². The molecule has 0 spiro atoms. The predicted octanol–water partition coefficient (Wildman–Crippen LogP) is 0.898. The maximum absolute atomic E-state index is 12.3. The number of piperidine rings is 1. The molecule has 6 nitrogen and oxygen atoms in total. The Labute approximate surface area is 106 Å². The van der Waals surface area contributed by atoms with E-state index in [4.69, 9.17) is 5.11 Å². The number of aromatic carboxylic acids is 1. The third-order valence-electron chi connectivity index (χ3n) is 3.15. The molecule has 1 saturated heterocycles. The maximum Gasteiger partial charge on any atom is 0.352 e. The number of carboxylic acid groups (broad SMARTS) is 1. The Morgan fingerprint density at radius 1 is 1.28 bits per heavy atom. The monoisotopic (exact) mass is 272 g/mol. The van der Waals surface area contributed by atoms with Gasteiger partial charge in [-0.2, -0.15) is 4.31 Å². The Morgan fingerprint density at radius 3 is 2.39 bits per heavy atom. The second-order valence-corrected chi connectivity index (χ2v) is 6.38. The number of aryl methyl sites for hydroxylation is 1. The molecule has 7 heteroatoms. The van der Waals surface area contributed by atoms with Gasteiger partial charge in [-0.3, -0.25) is 0 Å². The second-order valence-electron chi connectivity index (χ2n) is 4.44. The van der Waals surface area contributed by atoms with Gasteiger partial charge < -0.3 is 9.67 Å². The van der Waals surface area contributed by atoms with Crippen molar-refractivity contribution in [2.24, 2.45) is 7.05 Å². The van der Waals surface area contributed by atoms with E-state index in [0.29, 0.717) is 13.1 Å². The van der Waals surface area contributed by atoms with Crippen LogP contribution in [0.2, 0.25) is 0 Å². The Bertz CT molecular complexity index is 556. The van der Waals surface area contributed by atoms with Gasteiger partial charge in [0.2, 0.25) is 10.0 Å². The van der Waals surface area contributed by atoms with E-state index in [2.05, 4.69) is 0 Å². The summed E-state index contributed by atoms with van der Waals surface area (Å²) in [6.07, 6.45) is 4.12. The first-order valence-corrected chi connectivity index (χ1v) is 7.27. The summed E-state index contributed by atoms with van der Waals surface area (Å²) in [6, 6.07) is 1.21. The van der Waals surface area contributed by atoms with Gasteiger partial charge in [-0.1, -0.05) is 6.42 Å². The summed E-state index contributed by atoms with van der Waals surface area (Å²) < 4.78 is 27.3. The molecule has 0 radical (unpaired) electrons. The van der Waals surface area contributed by atoms with Gasteiger partial charge in [0, 0.05) is 26.3 Å². The van der Waals surface area contributed by atoms with Crippen molar-refractivity contribution in [3.63, 3.8) is 0 Å². The highest BCUT2D eigenvalue weighted by atomic mass is 32.2. The van der Waals surface area contributed by atoms with Crippen LogP contribution >= 0.6 is 0 Å². The van der Waals surface area contributed by atoms with Crippen LogP contribution < -0.4 is 0 Å². The molecule has 18 heavy (non-hydrogen) atoms. The lowest BCUT2D eigenvalue weighted by Crippen LogP contribution is -2.35. The fourth-order valence-corrected chi connectivity index (χ4v) is 3.73. The van der Waals surface area contributed by atoms with Gasteiger partial charge in [0.15, 0.2) is 0 Å². The topological polar surface area (TPSA) is 79.6 Å². The van der Waals surface area contributed by atoms with E-state index in [1.807, 2.05) is 0 Å². The fraction of sp³-hybridized carbons (Fsp3) is 0.545. The molecular weight excluding hydrogens is 256 g/mol. The highest BCUT2D eigenvalue weighted by Gasteiger charge is 2.28. The van der Waals surface area contributed by atoms with Gasteiger partial charge in [0.1, 0.15) is 10.6 Å². The van der Waals surface area contributed by atoms with E-state index in [-0.39, 0.29) is 10.6 Å². The first kappa shape index (κ1) is 13.1. The molecule has 1 aliphatic heterocycles. The number of sulfonamides is 1. The zero-order valence-corrected chi connectivity index (χ0v) is 11.0. The lowest BCUT2D eigenvalue weighted by atomic mass is 10.2. The zero-order chi connectivity index (χ0) is 13.3. The molecule has 0 aromatic carbocycles. The quantitative estimate of drug-likeness (QED) is 0.886. The predicted molar refractivity (Wildman–Crippen MR) is 65.0 cm³/mol. The Morgan fingerprint density at radius 2 is 1.89 bits per heavy atom. The minimum absolute atomic E-state index is 0.0226. The minimum atomic E-state index is -3.55. The first-order chi connectivity index (χ1) is 8.43. The van der Waals surface area contributed by atoms with E-state index >= 15 is 0 Å². The lowest BCUT2D eigenvalue weighted by molar-refractivity contribution is 0.0686. The van der Waals surface area contributed by atoms with Gasteiger partial charge in [0.25, 0.3) is 0 Å². The third kappa shape index (κ3) is 2.28. The van der Waals surface area contributed by atoms with Gasteiger partial charge in [-0.05, 0) is 18.9 Å². The molecule has 0 unspecified atom stereocenters. The summed E-state index contributed by atoms with van der Waals surface area (Å²) in [6.45, 7) is 1.03. The van der Waals surface area contributed by atoms with Crippen molar-refractivity contribution in [1.82, 2.24) is 8.87 Å². The van der Waals surface area contributed by atoms with Crippen molar-refractivity contribution < 1.29 is 18.3 Å². The van der Waals surface area contributed by atoms with Crippen molar-refractivity contribution in [1.29, 1.82) is 0 Å². The minimum Gasteiger partial charge on any atom is -0.477 e. The molecule has 2 heterocycles. The Kier molecular flexibility index (Phi) is 3.45. The molecule has 0 saturated carbocycles. The van der Waals surface area contributed by atoms with E-state index in [1.54, 1.807) is 0 Å². The van der Waals surface area contributed by atoms with Crippen molar-refractivity contribution in [2.45, 2.75) is 24.2 Å². The molecule has 1 N–H and O–H groups in total. The second kappa shape index (κ2) is 4.74. The summed E-state index contributed by atoms with van der Waals surface area (Å²) in [5.74, 6) is -1.13. The molecule has 1 aromatic heterocycles. The molecule has 0 amide bonds. The van der Waals surface area contributed by atoms with Gasteiger partial charge in [-0.25, -0.2) is 13.2 Å². The molecule has 0 aliphatic carbocycles. The maximum atomic E-state index is 12.3. The van der Waals surface area contributed by atoms with Crippen LogP contribution in [0.15, 0.2) is 17.2 Å². The van der Waals surface area contributed by atoms with Gasteiger partial charge in [0.05, 0.1) is 0 Å².